The van der Waals surface area contributed by atoms with Crippen LogP contribution in [0.1, 0.15) is 18.0 Å². The van der Waals surface area contributed by atoms with E-state index in [0.29, 0.717) is 12.4 Å². The van der Waals surface area contributed by atoms with Crippen molar-refractivity contribution in [1.29, 1.82) is 0 Å². The minimum Gasteiger partial charge on any atom is -0.324 e. The van der Waals surface area contributed by atoms with E-state index in [0.717, 1.165) is 21.1 Å². The van der Waals surface area contributed by atoms with Crippen molar-refractivity contribution in [3.05, 3.63) is 58.6 Å². The second kappa shape index (κ2) is 6.35. The van der Waals surface area contributed by atoms with Gasteiger partial charge in [0, 0.05) is 10.5 Å². The van der Waals surface area contributed by atoms with E-state index in [1.54, 1.807) is 0 Å². The van der Waals surface area contributed by atoms with Gasteiger partial charge in [0.25, 0.3) is 0 Å². The molecule has 0 spiro atoms. The highest BCUT2D eigenvalue weighted by Crippen LogP contribution is 2.24. The molecule has 6 nitrogen and oxygen atoms in total. The van der Waals surface area contributed by atoms with Crippen LogP contribution in [0.15, 0.2) is 53.0 Å². The van der Waals surface area contributed by atoms with E-state index in [2.05, 4.69) is 42.1 Å². The maximum absolute atomic E-state index is 12.4. The number of anilines is 1. The summed E-state index contributed by atoms with van der Waals surface area (Å²) >= 11 is 3.43. The van der Waals surface area contributed by atoms with Crippen molar-refractivity contribution in [2.75, 3.05) is 5.32 Å². The lowest BCUT2D eigenvalue weighted by atomic mass is 10.0. The number of imidazole rings is 1. The largest absolute Gasteiger partial charge is 0.324 e. The molecular formula is C17H16BrN5O. The minimum atomic E-state index is -0.313. The first-order valence-electron chi connectivity index (χ1n) is 7.71. The highest BCUT2D eigenvalue weighted by atomic mass is 79.9. The Kier molecular flexibility index (Phi) is 4.05. The molecule has 1 aliphatic heterocycles. The van der Waals surface area contributed by atoms with Gasteiger partial charge in [-0.15, -0.1) is 0 Å². The lowest BCUT2D eigenvalue weighted by Gasteiger charge is -2.09. The average Bonchev–Trinajstić information content (AvgIpc) is 3.21. The lowest BCUT2D eigenvalue weighted by Crippen LogP contribution is -2.39. The Morgan fingerprint density at radius 1 is 1.12 bits per heavy atom. The summed E-state index contributed by atoms with van der Waals surface area (Å²) in [6, 6.07) is 15.6. The molecule has 1 fully saturated rings. The number of carbonyl (C=O) groups excluding carboxylic acids is 1. The second-order valence-electron chi connectivity index (χ2n) is 5.77. The van der Waals surface area contributed by atoms with Gasteiger partial charge in [-0.05, 0) is 36.2 Å². The molecule has 2 unspecified atom stereocenters. The standard InChI is InChI=1S/C17H16BrN5O/c18-11-7-5-10(6-8-11)14-9-15(23-22-14)16(24)21-17-19-12-3-1-2-4-13(12)20-17/h1-8,14-15,22-23H,9H2,(H2,19,20,21,24). The van der Waals surface area contributed by atoms with Crippen LogP contribution in [0.2, 0.25) is 0 Å². The first-order valence-corrected chi connectivity index (χ1v) is 8.50. The predicted molar refractivity (Wildman–Crippen MR) is 96.3 cm³/mol. The molecule has 3 aromatic rings. The van der Waals surface area contributed by atoms with E-state index in [-0.39, 0.29) is 18.0 Å². The van der Waals surface area contributed by atoms with E-state index in [1.807, 2.05) is 48.5 Å². The molecule has 0 bridgehead atoms. The molecule has 1 amide bonds. The zero-order chi connectivity index (χ0) is 16.5. The van der Waals surface area contributed by atoms with E-state index in [4.69, 9.17) is 0 Å². The molecule has 1 saturated heterocycles. The van der Waals surface area contributed by atoms with E-state index < -0.39 is 0 Å². The Morgan fingerprint density at radius 2 is 1.92 bits per heavy atom. The number of para-hydroxylation sites is 2. The van der Waals surface area contributed by atoms with Crippen LogP contribution >= 0.6 is 15.9 Å². The van der Waals surface area contributed by atoms with Crippen LogP contribution in [-0.4, -0.2) is 21.9 Å². The van der Waals surface area contributed by atoms with Gasteiger partial charge in [0.2, 0.25) is 11.9 Å². The van der Waals surface area contributed by atoms with Gasteiger partial charge in [-0.25, -0.2) is 15.8 Å². The molecule has 0 saturated carbocycles. The predicted octanol–water partition coefficient (Wildman–Crippen LogP) is 2.87. The summed E-state index contributed by atoms with van der Waals surface area (Å²) in [4.78, 5) is 19.9. The van der Waals surface area contributed by atoms with Crippen LogP contribution in [0.5, 0.6) is 0 Å². The van der Waals surface area contributed by atoms with Crippen molar-refractivity contribution < 1.29 is 4.79 Å². The molecule has 4 N–H and O–H groups in total. The van der Waals surface area contributed by atoms with Crippen molar-refractivity contribution in [3.63, 3.8) is 0 Å². The Labute approximate surface area is 147 Å². The van der Waals surface area contributed by atoms with E-state index >= 15 is 0 Å². The fourth-order valence-electron chi connectivity index (χ4n) is 2.86. The third kappa shape index (κ3) is 3.06. The molecule has 2 atom stereocenters. The SMILES string of the molecule is O=C(Nc1nc2ccccc2[nH]1)C1CC(c2ccc(Br)cc2)NN1. The third-order valence-corrected chi connectivity index (χ3v) is 4.65. The number of halogens is 1. The molecule has 7 heteroatoms. The molecular weight excluding hydrogens is 370 g/mol. The van der Waals surface area contributed by atoms with Crippen LogP contribution in [0.25, 0.3) is 11.0 Å². The number of H-pyrrole nitrogens is 1. The Morgan fingerprint density at radius 3 is 2.71 bits per heavy atom. The van der Waals surface area contributed by atoms with Gasteiger partial charge in [-0.2, -0.15) is 0 Å². The molecule has 122 valence electrons. The number of benzene rings is 2. The summed E-state index contributed by atoms with van der Waals surface area (Å²) in [5, 5.41) is 2.84. The van der Waals surface area contributed by atoms with Gasteiger partial charge in [-0.3, -0.25) is 10.1 Å². The molecule has 0 radical (unpaired) electrons. The third-order valence-electron chi connectivity index (χ3n) is 4.12. The van der Waals surface area contributed by atoms with Crippen molar-refractivity contribution in [2.45, 2.75) is 18.5 Å². The fraction of sp³-hybridized carbons (Fsp3) is 0.176. The van der Waals surface area contributed by atoms with Gasteiger partial charge < -0.3 is 4.98 Å². The maximum atomic E-state index is 12.4. The first kappa shape index (κ1) is 15.3. The zero-order valence-corrected chi connectivity index (χ0v) is 14.3. The summed E-state index contributed by atoms with van der Waals surface area (Å²) in [7, 11) is 0. The number of hydrogen-bond acceptors (Lipinski definition) is 4. The van der Waals surface area contributed by atoms with Gasteiger partial charge in [0.1, 0.15) is 6.04 Å². The summed E-state index contributed by atoms with van der Waals surface area (Å²) in [6.45, 7) is 0. The van der Waals surface area contributed by atoms with Crippen LogP contribution in [0, 0.1) is 0 Å². The summed E-state index contributed by atoms with van der Waals surface area (Å²) < 4.78 is 1.04. The molecule has 0 aliphatic carbocycles. The van der Waals surface area contributed by atoms with Gasteiger partial charge >= 0.3 is 0 Å². The first-order chi connectivity index (χ1) is 11.7. The number of aromatic nitrogens is 2. The number of amides is 1. The van der Waals surface area contributed by atoms with Crippen LogP contribution in [0.4, 0.5) is 5.95 Å². The van der Waals surface area contributed by atoms with E-state index in [1.165, 1.54) is 0 Å². The number of rotatable bonds is 3. The van der Waals surface area contributed by atoms with Gasteiger partial charge in [-0.1, -0.05) is 40.2 Å². The number of fused-ring (bicyclic) bond motifs is 1. The van der Waals surface area contributed by atoms with Crippen LogP contribution < -0.4 is 16.2 Å². The van der Waals surface area contributed by atoms with Gasteiger partial charge in [0.05, 0.1) is 11.0 Å². The lowest BCUT2D eigenvalue weighted by molar-refractivity contribution is -0.117. The monoisotopic (exact) mass is 385 g/mol. The van der Waals surface area contributed by atoms with Gasteiger partial charge in [0.15, 0.2) is 0 Å². The zero-order valence-electron chi connectivity index (χ0n) is 12.7. The van der Waals surface area contributed by atoms with Crippen molar-refractivity contribution in [2.24, 2.45) is 0 Å². The number of hydrogen-bond donors (Lipinski definition) is 4. The Bertz CT molecular complexity index is 843. The smallest absolute Gasteiger partial charge is 0.245 e. The van der Waals surface area contributed by atoms with Crippen molar-refractivity contribution >= 4 is 38.8 Å². The van der Waals surface area contributed by atoms with E-state index in [9.17, 15) is 4.79 Å². The number of carbonyl (C=O) groups is 1. The number of hydrazine groups is 1. The average molecular weight is 386 g/mol. The molecule has 1 aromatic heterocycles. The highest BCUT2D eigenvalue weighted by Gasteiger charge is 2.30. The Hall–Kier alpha value is -2.22. The molecule has 4 rings (SSSR count). The second-order valence-corrected chi connectivity index (χ2v) is 6.69. The molecule has 1 aliphatic rings. The summed E-state index contributed by atoms with van der Waals surface area (Å²) in [5.41, 5.74) is 9.11. The molecule has 24 heavy (non-hydrogen) atoms. The quantitative estimate of drug-likeness (QED) is 0.558. The normalized spacial score (nSPS) is 20.4. The van der Waals surface area contributed by atoms with Crippen LogP contribution in [0.3, 0.4) is 0 Å². The fourth-order valence-corrected chi connectivity index (χ4v) is 3.12. The Balaban J connectivity index is 1.42. The number of nitrogens with zero attached hydrogens (tertiary/aromatic N) is 1. The molecule has 2 heterocycles. The number of aromatic amines is 1. The summed E-state index contributed by atoms with van der Waals surface area (Å²) in [6.07, 6.45) is 0.674. The maximum Gasteiger partial charge on any atom is 0.245 e. The molecule has 2 aromatic carbocycles. The summed E-state index contributed by atoms with van der Waals surface area (Å²) in [5.74, 6) is 0.358. The van der Waals surface area contributed by atoms with Crippen molar-refractivity contribution in [1.82, 2.24) is 20.8 Å². The topological polar surface area (TPSA) is 81.8 Å². The van der Waals surface area contributed by atoms with Crippen molar-refractivity contribution in [3.8, 4) is 0 Å². The minimum absolute atomic E-state index is 0.101. The highest BCUT2D eigenvalue weighted by molar-refractivity contribution is 9.10. The number of nitrogens with one attached hydrogen (secondary N) is 4. The van der Waals surface area contributed by atoms with Crippen LogP contribution in [-0.2, 0) is 4.79 Å².